The van der Waals surface area contributed by atoms with Gasteiger partial charge < -0.3 is 20.4 Å². The van der Waals surface area contributed by atoms with Gasteiger partial charge in [-0.05, 0) is 50.8 Å². The number of amides is 3. The van der Waals surface area contributed by atoms with E-state index in [0.717, 1.165) is 64.8 Å². The van der Waals surface area contributed by atoms with E-state index in [1.54, 1.807) is 4.90 Å². The smallest absolute Gasteiger partial charge is 0.314 e. The Morgan fingerprint density at radius 2 is 1.74 bits per heavy atom. The van der Waals surface area contributed by atoms with Gasteiger partial charge >= 0.3 is 6.03 Å². The second kappa shape index (κ2) is 9.74. The van der Waals surface area contributed by atoms with Crippen molar-refractivity contribution >= 4 is 11.9 Å². The number of carbonyl (C=O) groups is 2. The van der Waals surface area contributed by atoms with Crippen LogP contribution in [0.3, 0.4) is 0 Å². The summed E-state index contributed by atoms with van der Waals surface area (Å²) in [6, 6.07) is 10.2. The molecule has 2 saturated heterocycles. The highest BCUT2D eigenvalue weighted by Gasteiger charge is 2.31. The molecular weight excluding hydrogens is 340 g/mol. The van der Waals surface area contributed by atoms with Crippen LogP contribution in [0.4, 0.5) is 4.79 Å². The third-order valence-electron chi connectivity index (χ3n) is 5.77. The maximum Gasteiger partial charge on any atom is 0.314 e. The highest BCUT2D eigenvalue weighted by Crippen LogP contribution is 2.20. The predicted octanol–water partition coefficient (Wildman–Crippen LogP) is 1.94. The summed E-state index contributed by atoms with van der Waals surface area (Å²) in [6.07, 6.45) is 4.99. The van der Waals surface area contributed by atoms with Gasteiger partial charge in [0.15, 0.2) is 0 Å². The van der Waals surface area contributed by atoms with Crippen LogP contribution in [0.2, 0.25) is 0 Å². The molecule has 2 N–H and O–H groups in total. The van der Waals surface area contributed by atoms with Crippen molar-refractivity contribution in [2.24, 2.45) is 11.7 Å². The lowest BCUT2D eigenvalue weighted by Gasteiger charge is -2.33. The lowest BCUT2D eigenvalue weighted by molar-refractivity contribution is -0.136. The monoisotopic (exact) mass is 372 g/mol. The SMILES string of the molecule is NC(=O)N1CCC[C@@H](C(=O)N2CCCN(CCCc3ccccc3)CC2)C1. The molecule has 148 valence electrons. The Kier molecular flexibility index (Phi) is 7.10. The van der Waals surface area contributed by atoms with Crippen molar-refractivity contribution in [1.82, 2.24) is 14.7 Å². The number of urea groups is 1. The first-order valence-corrected chi connectivity index (χ1v) is 10.2. The minimum atomic E-state index is -0.409. The average Bonchev–Trinajstić information content (AvgIpc) is 2.94. The predicted molar refractivity (Wildman–Crippen MR) is 106 cm³/mol. The molecule has 0 aliphatic carbocycles. The molecule has 3 rings (SSSR count). The topological polar surface area (TPSA) is 69.9 Å². The molecule has 1 aromatic rings. The van der Waals surface area contributed by atoms with E-state index in [2.05, 4.69) is 35.2 Å². The minimum absolute atomic E-state index is 0.0871. The summed E-state index contributed by atoms with van der Waals surface area (Å²) in [6.45, 7) is 5.83. The first kappa shape index (κ1) is 19.7. The molecule has 0 saturated carbocycles. The summed E-state index contributed by atoms with van der Waals surface area (Å²) < 4.78 is 0. The van der Waals surface area contributed by atoms with Gasteiger partial charge in [-0.15, -0.1) is 0 Å². The second-order valence-corrected chi connectivity index (χ2v) is 7.73. The normalized spacial score (nSPS) is 21.7. The molecule has 0 radical (unpaired) electrons. The molecule has 2 aliphatic rings. The minimum Gasteiger partial charge on any atom is -0.351 e. The van der Waals surface area contributed by atoms with Crippen LogP contribution in [0, 0.1) is 5.92 Å². The van der Waals surface area contributed by atoms with Gasteiger partial charge in [0.1, 0.15) is 0 Å². The van der Waals surface area contributed by atoms with Crippen LogP contribution in [0.15, 0.2) is 30.3 Å². The van der Waals surface area contributed by atoms with Crippen molar-refractivity contribution in [2.45, 2.75) is 32.1 Å². The largest absolute Gasteiger partial charge is 0.351 e. The number of benzene rings is 1. The van der Waals surface area contributed by atoms with Crippen LogP contribution in [0.5, 0.6) is 0 Å². The van der Waals surface area contributed by atoms with E-state index in [4.69, 9.17) is 5.73 Å². The van der Waals surface area contributed by atoms with Gasteiger partial charge in [-0.2, -0.15) is 0 Å². The van der Waals surface area contributed by atoms with Crippen LogP contribution in [0.25, 0.3) is 0 Å². The Labute approximate surface area is 162 Å². The Hall–Kier alpha value is -2.08. The highest BCUT2D eigenvalue weighted by atomic mass is 16.2. The standard InChI is InChI=1S/C21H32N4O2/c22-21(27)25-13-5-10-19(17-25)20(26)24-14-6-12-23(15-16-24)11-4-9-18-7-2-1-3-8-18/h1-3,7-8,19H,4-6,9-17H2,(H2,22,27)/t19-/m1/s1. The van der Waals surface area contributed by atoms with Crippen LogP contribution in [0.1, 0.15) is 31.2 Å². The van der Waals surface area contributed by atoms with Crippen LogP contribution in [-0.4, -0.2) is 72.5 Å². The molecule has 6 nitrogen and oxygen atoms in total. The van der Waals surface area contributed by atoms with Crippen molar-refractivity contribution in [3.8, 4) is 0 Å². The quantitative estimate of drug-likeness (QED) is 0.859. The van der Waals surface area contributed by atoms with Crippen LogP contribution in [-0.2, 0) is 11.2 Å². The van der Waals surface area contributed by atoms with E-state index in [1.165, 1.54) is 5.56 Å². The Morgan fingerprint density at radius 1 is 0.963 bits per heavy atom. The van der Waals surface area contributed by atoms with Crippen molar-refractivity contribution < 1.29 is 9.59 Å². The molecule has 0 bridgehead atoms. The molecule has 0 aromatic heterocycles. The molecule has 2 fully saturated rings. The number of rotatable bonds is 5. The number of primary amides is 1. The molecule has 0 spiro atoms. The number of likely N-dealkylation sites (tertiary alicyclic amines) is 1. The number of carbonyl (C=O) groups excluding carboxylic acids is 2. The van der Waals surface area contributed by atoms with Gasteiger partial charge in [-0.3, -0.25) is 4.79 Å². The Bertz CT molecular complexity index is 622. The number of nitrogens with two attached hydrogens (primary N) is 1. The Morgan fingerprint density at radius 3 is 2.52 bits per heavy atom. The number of aryl methyl sites for hydroxylation is 1. The Balaban J connectivity index is 1.43. The number of hydrogen-bond acceptors (Lipinski definition) is 3. The maximum absolute atomic E-state index is 12.9. The van der Waals surface area contributed by atoms with E-state index < -0.39 is 6.03 Å². The summed E-state index contributed by atoms with van der Waals surface area (Å²) in [4.78, 5) is 30.4. The fourth-order valence-corrected chi connectivity index (χ4v) is 4.20. The van der Waals surface area contributed by atoms with Crippen LogP contribution >= 0.6 is 0 Å². The van der Waals surface area contributed by atoms with Crippen molar-refractivity contribution in [3.05, 3.63) is 35.9 Å². The van der Waals surface area contributed by atoms with Gasteiger partial charge in [0.25, 0.3) is 0 Å². The second-order valence-electron chi connectivity index (χ2n) is 7.73. The summed E-state index contributed by atoms with van der Waals surface area (Å²) in [5, 5.41) is 0. The summed E-state index contributed by atoms with van der Waals surface area (Å²) in [7, 11) is 0. The zero-order chi connectivity index (χ0) is 19.1. The third-order valence-corrected chi connectivity index (χ3v) is 5.77. The molecule has 3 amide bonds. The van der Waals surface area contributed by atoms with Gasteiger partial charge in [0.05, 0.1) is 5.92 Å². The third kappa shape index (κ3) is 5.70. The van der Waals surface area contributed by atoms with E-state index in [9.17, 15) is 9.59 Å². The maximum atomic E-state index is 12.9. The molecule has 2 aliphatic heterocycles. The number of hydrogen-bond donors (Lipinski definition) is 1. The van der Waals surface area contributed by atoms with E-state index in [0.29, 0.717) is 13.1 Å². The first-order valence-electron chi connectivity index (χ1n) is 10.2. The van der Waals surface area contributed by atoms with E-state index >= 15 is 0 Å². The van der Waals surface area contributed by atoms with Gasteiger partial charge in [0, 0.05) is 32.7 Å². The van der Waals surface area contributed by atoms with Crippen molar-refractivity contribution in [1.29, 1.82) is 0 Å². The molecule has 0 unspecified atom stereocenters. The summed E-state index contributed by atoms with van der Waals surface area (Å²) in [5.74, 6) is 0.114. The molecule has 1 aromatic carbocycles. The number of nitrogens with zero attached hydrogens (tertiary/aromatic N) is 3. The van der Waals surface area contributed by atoms with Gasteiger partial charge in [-0.1, -0.05) is 30.3 Å². The van der Waals surface area contributed by atoms with Gasteiger partial charge in [-0.25, -0.2) is 4.79 Å². The highest BCUT2D eigenvalue weighted by molar-refractivity contribution is 5.80. The fourth-order valence-electron chi connectivity index (χ4n) is 4.20. The molecule has 27 heavy (non-hydrogen) atoms. The molecule has 1 atom stereocenters. The van der Waals surface area contributed by atoms with Crippen LogP contribution < -0.4 is 5.73 Å². The molecule has 2 heterocycles. The van der Waals surface area contributed by atoms with E-state index in [-0.39, 0.29) is 11.8 Å². The zero-order valence-electron chi connectivity index (χ0n) is 16.2. The van der Waals surface area contributed by atoms with Crippen molar-refractivity contribution in [2.75, 3.05) is 45.8 Å². The van der Waals surface area contributed by atoms with Crippen molar-refractivity contribution in [3.63, 3.8) is 0 Å². The lowest BCUT2D eigenvalue weighted by Crippen LogP contribution is -2.48. The summed E-state index contributed by atoms with van der Waals surface area (Å²) >= 11 is 0. The zero-order valence-corrected chi connectivity index (χ0v) is 16.2. The van der Waals surface area contributed by atoms with Gasteiger partial charge in [0.2, 0.25) is 5.91 Å². The fraction of sp³-hybridized carbons (Fsp3) is 0.619. The summed E-state index contributed by atoms with van der Waals surface area (Å²) in [5.41, 5.74) is 6.78. The molecule has 6 heteroatoms. The lowest BCUT2D eigenvalue weighted by atomic mass is 9.96. The molecular formula is C21H32N4O2. The number of piperidine rings is 1. The average molecular weight is 373 g/mol. The first-order chi connectivity index (χ1) is 13.1. The van der Waals surface area contributed by atoms with E-state index in [1.807, 2.05) is 4.90 Å².